The van der Waals surface area contributed by atoms with Crippen LogP contribution in [0.25, 0.3) is 0 Å². The minimum absolute atomic E-state index is 0.140. The van der Waals surface area contributed by atoms with Crippen molar-refractivity contribution in [2.45, 2.75) is 25.9 Å². The van der Waals surface area contributed by atoms with Gasteiger partial charge in [0.25, 0.3) is 0 Å². The van der Waals surface area contributed by atoms with Crippen molar-refractivity contribution < 1.29 is 13.2 Å². The molecule has 1 atom stereocenters. The van der Waals surface area contributed by atoms with Crippen molar-refractivity contribution in [3.63, 3.8) is 0 Å². The van der Waals surface area contributed by atoms with E-state index in [4.69, 9.17) is 11.1 Å². The molecule has 0 heterocycles. The quantitative estimate of drug-likeness (QED) is 0.417. The highest BCUT2D eigenvalue weighted by Gasteiger charge is 2.41. The highest BCUT2D eigenvalue weighted by molar-refractivity contribution is 7.99. The number of unbranched alkanes of at least 4 members (excludes halogenated alkanes) is 1. The van der Waals surface area contributed by atoms with Gasteiger partial charge >= 0.3 is 6.18 Å². The predicted octanol–water partition coefficient (Wildman–Crippen LogP) is 2.63. The number of hydrogen-bond acceptors (Lipinski definition) is 2. The number of hydrogen-bond donors (Lipinski definition) is 2. The number of amidine groups is 1. The first kappa shape index (κ1) is 13.6. The normalized spacial score (nSPS) is 14.0. The van der Waals surface area contributed by atoms with Crippen LogP contribution in [-0.2, 0) is 0 Å². The lowest BCUT2D eigenvalue weighted by Crippen LogP contribution is -2.37. The smallest absolute Gasteiger partial charge is 0.387 e. The van der Waals surface area contributed by atoms with E-state index < -0.39 is 17.9 Å². The average Bonchev–Trinajstić information content (AvgIpc) is 2.01. The molecule has 0 saturated carbocycles. The third-order valence-corrected chi connectivity index (χ3v) is 2.84. The van der Waals surface area contributed by atoms with Crippen LogP contribution in [0.3, 0.4) is 0 Å². The molecule has 0 aliphatic rings. The summed E-state index contributed by atoms with van der Waals surface area (Å²) >= 11 is 1.20. The molecule has 0 aliphatic carbocycles. The number of rotatable bonds is 6. The van der Waals surface area contributed by atoms with E-state index >= 15 is 0 Å². The minimum Gasteiger partial charge on any atom is -0.387 e. The van der Waals surface area contributed by atoms with Crippen molar-refractivity contribution in [2.75, 3.05) is 11.5 Å². The van der Waals surface area contributed by atoms with Gasteiger partial charge in [0, 0.05) is 5.75 Å². The molecule has 0 saturated heterocycles. The Labute approximate surface area is 85.9 Å². The SMILES string of the molecule is CCCCSCC(C(=N)N)C(F)(F)F. The van der Waals surface area contributed by atoms with Crippen LogP contribution in [0.4, 0.5) is 13.2 Å². The van der Waals surface area contributed by atoms with E-state index in [2.05, 4.69) is 0 Å². The Bertz CT molecular complexity index is 182. The first-order chi connectivity index (χ1) is 6.39. The summed E-state index contributed by atoms with van der Waals surface area (Å²) in [5, 5.41) is 6.83. The van der Waals surface area contributed by atoms with Gasteiger partial charge in [0.15, 0.2) is 0 Å². The van der Waals surface area contributed by atoms with Crippen LogP contribution >= 0.6 is 11.8 Å². The van der Waals surface area contributed by atoms with Crippen molar-refractivity contribution in [3.8, 4) is 0 Å². The maximum Gasteiger partial charge on any atom is 0.399 e. The standard InChI is InChI=1S/C8H15F3N2S/c1-2-3-4-14-5-6(7(12)13)8(9,10)11/h6H,2-5H2,1H3,(H3,12,13). The van der Waals surface area contributed by atoms with Gasteiger partial charge in [0.1, 0.15) is 11.8 Å². The molecule has 0 amide bonds. The Kier molecular flexibility index (Phi) is 5.99. The van der Waals surface area contributed by atoms with Crippen LogP contribution in [-0.4, -0.2) is 23.5 Å². The van der Waals surface area contributed by atoms with Crippen LogP contribution in [0.15, 0.2) is 0 Å². The molecule has 0 radical (unpaired) electrons. The summed E-state index contributed by atoms with van der Waals surface area (Å²) in [6.07, 6.45) is -2.53. The molecule has 84 valence electrons. The third kappa shape index (κ3) is 5.36. The molecule has 3 N–H and O–H groups in total. The van der Waals surface area contributed by atoms with Crippen molar-refractivity contribution in [1.29, 1.82) is 5.41 Å². The van der Waals surface area contributed by atoms with E-state index in [1.165, 1.54) is 11.8 Å². The van der Waals surface area contributed by atoms with E-state index in [0.717, 1.165) is 12.8 Å². The van der Waals surface area contributed by atoms with Gasteiger partial charge < -0.3 is 5.73 Å². The molecule has 0 aromatic carbocycles. The Morgan fingerprint density at radius 2 is 2.07 bits per heavy atom. The largest absolute Gasteiger partial charge is 0.399 e. The first-order valence-electron chi connectivity index (χ1n) is 4.38. The summed E-state index contributed by atoms with van der Waals surface area (Å²) in [4.78, 5) is 0. The number of alkyl halides is 3. The van der Waals surface area contributed by atoms with Gasteiger partial charge in [0.2, 0.25) is 0 Å². The fraction of sp³-hybridized carbons (Fsp3) is 0.875. The fourth-order valence-electron chi connectivity index (χ4n) is 0.808. The molecule has 1 unspecified atom stereocenters. The molecule has 6 heteroatoms. The van der Waals surface area contributed by atoms with E-state index in [0.29, 0.717) is 5.75 Å². The monoisotopic (exact) mass is 228 g/mol. The van der Waals surface area contributed by atoms with Gasteiger partial charge in [-0.05, 0) is 12.2 Å². The van der Waals surface area contributed by atoms with Gasteiger partial charge in [-0.25, -0.2) is 0 Å². The Morgan fingerprint density at radius 3 is 2.43 bits per heavy atom. The van der Waals surface area contributed by atoms with E-state index in [1.807, 2.05) is 6.92 Å². The molecule has 0 fully saturated rings. The molecular formula is C8H15F3N2S. The molecule has 14 heavy (non-hydrogen) atoms. The van der Waals surface area contributed by atoms with Crippen molar-refractivity contribution in [3.05, 3.63) is 0 Å². The predicted molar refractivity (Wildman–Crippen MR) is 53.7 cm³/mol. The minimum atomic E-state index is -4.38. The molecule has 0 spiro atoms. The maximum atomic E-state index is 12.2. The van der Waals surface area contributed by atoms with Crippen molar-refractivity contribution in [1.82, 2.24) is 0 Å². The zero-order valence-corrected chi connectivity index (χ0v) is 8.84. The highest BCUT2D eigenvalue weighted by Crippen LogP contribution is 2.29. The van der Waals surface area contributed by atoms with Crippen LogP contribution < -0.4 is 5.73 Å². The zero-order chi connectivity index (χ0) is 11.2. The highest BCUT2D eigenvalue weighted by atomic mass is 32.2. The fourth-order valence-corrected chi connectivity index (χ4v) is 2.07. The van der Waals surface area contributed by atoms with Gasteiger partial charge in [-0.15, -0.1) is 0 Å². The molecule has 2 nitrogen and oxygen atoms in total. The second-order valence-corrected chi connectivity index (χ2v) is 4.13. The number of nitrogens with two attached hydrogens (primary N) is 1. The summed E-state index contributed by atoms with van der Waals surface area (Å²) in [5.74, 6) is -2.03. The van der Waals surface area contributed by atoms with Crippen LogP contribution in [0.1, 0.15) is 19.8 Å². The lowest BCUT2D eigenvalue weighted by Gasteiger charge is -2.18. The number of halogens is 3. The van der Waals surface area contributed by atoms with Crippen LogP contribution in [0, 0.1) is 11.3 Å². The lowest BCUT2D eigenvalue weighted by molar-refractivity contribution is -0.149. The summed E-state index contributed by atoms with van der Waals surface area (Å²) in [6, 6.07) is 0. The first-order valence-corrected chi connectivity index (χ1v) is 5.53. The second kappa shape index (κ2) is 6.16. The second-order valence-electron chi connectivity index (χ2n) is 2.98. The Morgan fingerprint density at radius 1 is 1.50 bits per heavy atom. The van der Waals surface area contributed by atoms with Crippen molar-refractivity contribution in [2.24, 2.45) is 11.7 Å². The molecule has 0 aromatic heterocycles. The number of thioether (sulfide) groups is 1. The van der Waals surface area contributed by atoms with E-state index in [-0.39, 0.29) is 5.75 Å². The van der Waals surface area contributed by atoms with Crippen molar-refractivity contribution >= 4 is 17.6 Å². The summed E-state index contributed by atoms with van der Waals surface area (Å²) in [6.45, 7) is 1.98. The van der Waals surface area contributed by atoms with Crippen LogP contribution in [0.5, 0.6) is 0 Å². The molecule has 0 aromatic rings. The summed E-state index contributed by atoms with van der Waals surface area (Å²) < 4.78 is 36.7. The van der Waals surface area contributed by atoms with Crippen LogP contribution in [0.2, 0.25) is 0 Å². The Balaban J connectivity index is 3.94. The maximum absolute atomic E-state index is 12.2. The molecule has 0 bridgehead atoms. The van der Waals surface area contributed by atoms with Gasteiger partial charge in [-0.2, -0.15) is 24.9 Å². The summed E-state index contributed by atoms with van der Waals surface area (Å²) in [7, 11) is 0. The topological polar surface area (TPSA) is 49.9 Å². The third-order valence-electron chi connectivity index (χ3n) is 1.70. The molecular weight excluding hydrogens is 213 g/mol. The van der Waals surface area contributed by atoms with E-state index in [9.17, 15) is 13.2 Å². The van der Waals surface area contributed by atoms with E-state index in [1.54, 1.807) is 0 Å². The average molecular weight is 228 g/mol. The molecule has 0 aliphatic heterocycles. The van der Waals surface area contributed by atoms with Gasteiger partial charge in [-0.3, -0.25) is 5.41 Å². The van der Waals surface area contributed by atoms with Gasteiger partial charge in [0.05, 0.1) is 0 Å². The zero-order valence-electron chi connectivity index (χ0n) is 8.03. The van der Waals surface area contributed by atoms with Gasteiger partial charge in [-0.1, -0.05) is 13.3 Å². The summed E-state index contributed by atoms with van der Waals surface area (Å²) in [5.41, 5.74) is 4.89. The molecule has 0 rings (SSSR count). The Hall–Kier alpha value is -0.390. The lowest BCUT2D eigenvalue weighted by atomic mass is 10.1. The number of nitrogens with one attached hydrogen (secondary N) is 1.